The van der Waals surface area contributed by atoms with Crippen molar-refractivity contribution in [3.05, 3.63) is 40.5 Å². The van der Waals surface area contributed by atoms with E-state index in [9.17, 15) is 13.6 Å². The molecule has 0 spiro atoms. The first-order valence-corrected chi connectivity index (χ1v) is 8.07. The fraction of sp³-hybridized carbons (Fsp3) is 0.250. The molecular formula is C16H13BrF2N4O2. The monoisotopic (exact) mass is 410 g/mol. The summed E-state index contributed by atoms with van der Waals surface area (Å²) in [7, 11) is 1.61. The first-order valence-electron chi connectivity index (χ1n) is 7.28. The second-order valence-electron chi connectivity index (χ2n) is 5.41. The maximum Gasteiger partial charge on any atom is 0.269 e. The Hall–Kier alpha value is -2.42. The van der Waals surface area contributed by atoms with E-state index < -0.39 is 6.43 Å². The molecule has 9 heteroatoms. The van der Waals surface area contributed by atoms with Crippen molar-refractivity contribution in [1.82, 2.24) is 19.5 Å². The highest BCUT2D eigenvalue weighted by atomic mass is 79.9. The van der Waals surface area contributed by atoms with Crippen LogP contribution in [0.4, 0.5) is 8.78 Å². The van der Waals surface area contributed by atoms with Crippen LogP contribution in [0.1, 0.15) is 24.6 Å². The van der Waals surface area contributed by atoms with Crippen LogP contribution in [0, 0.1) is 0 Å². The zero-order valence-electron chi connectivity index (χ0n) is 13.3. The summed E-state index contributed by atoms with van der Waals surface area (Å²) >= 11 is 3.20. The number of alkyl halides is 2. The van der Waals surface area contributed by atoms with Gasteiger partial charge in [0.1, 0.15) is 17.0 Å². The predicted molar refractivity (Wildman–Crippen MR) is 89.9 cm³/mol. The minimum absolute atomic E-state index is 0.0549. The number of aromatic nitrogens is 4. The normalized spacial score (nSPS) is 11.3. The van der Waals surface area contributed by atoms with E-state index in [0.717, 1.165) is 0 Å². The Morgan fingerprint density at radius 3 is 2.84 bits per heavy atom. The van der Waals surface area contributed by atoms with Gasteiger partial charge in [-0.3, -0.25) is 9.78 Å². The quantitative estimate of drug-likeness (QED) is 0.635. The van der Waals surface area contributed by atoms with Crippen LogP contribution in [0.25, 0.3) is 11.2 Å². The summed E-state index contributed by atoms with van der Waals surface area (Å²) in [5.41, 5.74) is 0.595. The van der Waals surface area contributed by atoms with Gasteiger partial charge in [-0.2, -0.15) is 0 Å². The molecule has 3 aromatic heterocycles. The van der Waals surface area contributed by atoms with Crippen LogP contribution in [-0.2, 0) is 18.3 Å². The maximum atomic E-state index is 13.7. The number of hydrogen-bond donors (Lipinski definition) is 0. The number of ketones is 1. The molecular weight excluding hydrogens is 398 g/mol. The van der Waals surface area contributed by atoms with E-state index >= 15 is 0 Å². The van der Waals surface area contributed by atoms with Crippen LogP contribution >= 0.6 is 15.9 Å². The number of hydrogen-bond acceptors (Lipinski definition) is 5. The third kappa shape index (κ3) is 3.51. The van der Waals surface area contributed by atoms with E-state index in [0.29, 0.717) is 16.2 Å². The minimum Gasteiger partial charge on any atom is -0.455 e. The number of halogens is 3. The first kappa shape index (κ1) is 17.4. The van der Waals surface area contributed by atoms with E-state index in [1.54, 1.807) is 13.1 Å². The smallest absolute Gasteiger partial charge is 0.269 e. The van der Waals surface area contributed by atoms with Gasteiger partial charge < -0.3 is 9.30 Å². The molecule has 0 aliphatic heterocycles. The van der Waals surface area contributed by atoms with Crippen LogP contribution in [0.2, 0.25) is 0 Å². The molecule has 0 saturated carbocycles. The van der Waals surface area contributed by atoms with Gasteiger partial charge in [-0.05, 0) is 28.9 Å². The van der Waals surface area contributed by atoms with E-state index in [4.69, 9.17) is 4.74 Å². The number of rotatable bonds is 5. The molecule has 130 valence electrons. The lowest BCUT2D eigenvalue weighted by Gasteiger charge is -2.12. The van der Waals surface area contributed by atoms with Gasteiger partial charge >= 0.3 is 0 Å². The van der Waals surface area contributed by atoms with Crippen molar-refractivity contribution in [3.63, 3.8) is 0 Å². The maximum absolute atomic E-state index is 13.7. The van der Waals surface area contributed by atoms with Crippen molar-refractivity contribution in [3.8, 4) is 11.5 Å². The average Bonchev–Trinajstić information content (AvgIpc) is 2.82. The van der Waals surface area contributed by atoms with Gasteiger partial charge in [-0.25, -0.2) is 18.7 Å². The highest BCUT2D eigenvalue weighted by molar-refractivity contribution is 9.10. The number of aryl methyl sites for hydroxylation is 1. The van der Waals surface area contributed by atoms with Gasteiger partial charge in [0, 0.05) is 25.7 Å². The number of pyridine rings is 2. The Morgan fingerprint density at radius 2 is 2.16 bits per heavy atom. The van der Waals surface area contributed by atoms with Gasteiger partial charge in [0.05, 0.1) is 17.5 Å². The van der Waals surface area contributed by atoms with Crippen LogP contribution in [0.15, 0.2) is 29.3 Å². The van der Waals surface area contributed by atoms with Crippen molar-refractivity contribution in [2.45, 2.75) is 19.8 Å². The highest BCUT2D eigenvalue weighted by Crippen LogP contribution is 2.37. The first-order chi connectivity index (χ1) is 11.9. The van der Waals surface area contributed by atoms with Gasteiger partial charge in [0.2, 0.25) is 0 Å². The molecule has 0 fully saturated rings. The average molecular weight is 411 g/mol. The van der Waals surface area contributed by atoms with Crippen LogP contribution < -0.4 is 4.74 Å². The molecule has 3 rings (SSSR count). The Labute approximate surface area is 150 Å². The third-order valence-electron chi connectivity index (χ3n) is 3.51. The summed E-state index contributed by atoms with van der Waals surface area (Å²) in [4.78, 5) is 23.4. The topological polar surface area (TPSA) is 69.9 Å². The lowest BCUT2D eigenvalue weighted by atomic mass is 10.2. The van der Waals surface area contributed by atoms with E-state index in [2.05, 4.69) is 30.9 Å². The molecule has 25 heavy (non-hydrogen) atoms. The molecule has 0 atom stereocenters. The lowest BCUT2D eigenvalue weighted by molar-refractivity contribution is -0.116. The molecule has 0 aliphatic carbocycles. The zero-order chi connectivity index (χ0) is 18.1. The summed E-state index contributed by atoms with van der Waals surface area (Å²) in [6, 6.07) is 3.07. The summed E-state index contributed by atoms with van der Waals surface area (Å²) in [6.45, 7) is 1.45. The number of Topliss-reactive ketones (excluding diaryl/α,β-unsaturated/α-hetero) is 1. The standard InChI is InChI=1S/C16H13BrF2N4O2/c1-8(24)5-9-6-10(3-4-20-9)25-11-7-21-15-13(12(11)14(18)19)23(2)16(17)22-15/h3-4,6-7,14H,5H2,1-2H3. The molecule has 0 amide bonds. The highest BCUT2D eigenvalue weighted by Gasteiger charge is 2.24. The van der Waals surface area contributed by atoms with Gasteiger partial charge in [-0.1, -0.05) is 0 Å². The van der Waals surface area contributed by atoms with E-state index in [1.165, 1.54) is 30.0 Å². The Bertz CT molecular complexity index is 959. The summed E-state index contributed by atoms with van der Waals surface area (Å²) < 4.78 is 34.8. The van der Waals surface area contributed by atoms with Crippen molar-refractivity contribution in [2.75, 3.05) is 0 Å². The molecule has 3 aromatic rings. The molecule has 0 aromatic carbocycles. The van der Waals surface area contributed by atoms with Crippen molar-refractivity contribution < 1.29 is 18.3 Å². The van der Waals surface area contributed by atoms with Crippen molar-refractivity contribution >= 4 is 32.9 Å². The SMILES string of the molecule is CC(=O)Cc1cc(Oc2cnc3nc(Br)n(C)c3c2C(F)F)ccn1. The molecule has 0 saturated heterocycles. The minimum atomic E-state index is -2.78. The van der Waals surface area contributed by atoms with E-state index in [-0.39, 0.29) is 34.7 Å². The molecule has 6 nitrogen and oxygen atoms in total. The van der Waals surface area contributed by atoms with Crippen LogP contribution in [0.5, 0.6) is 11.5 Å². The molecule has 0 N–H and O–H groups in total. The largest absolute Gasteiger partial charge is 0.455 e. The number of fused-ring (bicyclic) bond motifs is 1. The lowest BCUT2D eigenvalue weighted by Crippen LogP contribution is -2.01. The number of imidazole rings is 1. The summed E-state index contributed by atoms with van der Waals surface area (Å²) in [6.07, 6.45) is 0.0444. The van der Waals surface area contributed by atoms with Gasteiger partial charge in [0.15, 0.2) is 16.1 Å². The number of nitrogens with zero attached hydrogens (tertiary/aromatic N) is 4. The fourth-order valence-electron chi connectivity index (χ4n) is 2.45. The van der Waals surface area contributed by atoms with Gasteiger partial charge in [0.25, 0.3) is 6.43 Å². The Kier molecular flexibility index (Phi) is 4.76. The third-order valence-corrected chi connectivity index (χ3v) is 4.22. The Morgan fingerprint density at radius 1 is 1.40 bits per heavy atom. The molecule has 3 heterocycles. The number of carbonyl (C=O) groups is 1. The predicted octanol–water partition coefficient (Wildman–Crippen LogP) is 3.99. The Balaban J connectivity index is 2.06. The second kappa shape index (κ2) is 6.83. The summed E-state index contributed by atoms with van der Waals surface area (Å²) in [5.74, 6) is 0.175. The number of carbonyl (C=O) groups excluding carboxylic acids is 1. The summed E-state index contributed by atoms with van der Waals surface area (Å²) in [5, 5.41) is 0. The number of ether oxygens (including phenoxy) is 1. The van der Waals surface area contributed by atoms with E-state index in [1.807, 2.05) is 0 Å². The zero-order valence-corrected chi connectivity index (χ0v) is 14.9. The van der Waals surface area contributed by atoms with Crippen molar-refractivity contribution in [2.24, 2.45) is 7.05 Å². The fourth-order valence-corrected chi connectivity index (χ4v) is 2.79. The van der Waals surface area contributed by atoms with Crippen molar-refractivity contribution in [1.29, 1.82) is 0 Å². The van der Waals surface area contributed by atoms with Gasteiger partial charge in [-0.15, -0.1) is 0 Å². The molecule has 0 bridgehead atoms. The second-order valence-corrected chi connectivity index (χ2v) is 6.12. The molecule has 0 aliphatic rings. The molecule has 0 unspecified atom stereocenters. The van der Waals surface area contributed by atoms with Crippen LogP contribution in [-0.4, -0.2) is 25.3 Å². The molecule has 0 radical (unpaired) electrons. The van der Waals surface area contributed by atoms with Crippen LogP contribution in [0.3, 0.4) is 0 Å².